The molecule has 0 saturated carbocycles. The number of ether oxygens (including phenoxy) is 1. The molecule has 4 heteroatoms. The van der Waals surface area contributed by atoms with Gasteiger partial charge in [-0.1, -0.05) is 19.4 Å². The monoisotopic (exact) mass is 277 g/mol. The Bertz CT molecular complexity index is 473. The van der Waals surface area contributed by atoms with Gasteiger partial charge in [-0.3, -0.25) is 4.79 Å². The second-order valence-electron chi connectivity index (χ2n) is 5.32. The number of hydrogen-bond donors (Lipinski definition) is 2. The van der Waals surface area contributed by atoms with Crippen LogP contribution in [0.25, 0.3) is 0 Å². The maximum absolute atomic E-state index is 11.8. The number of unbranched alkanes of at least 4 members (excludes halogenated alkanes) is 1. The van der Waals surface area contributed by atoms with E-state index in [2.05, 4.69) is 12.2 Å². The summed E-state index contributed by atoms with van der Waals surface area (Å²) in [5.74, 6) is 0.606. The van der Waals surface area contributed by atoms with Gasteiger partial charge in [-0.2, -0.15) is 0 Å². The predicted molar refractivity (Wildman–Crippen MR) is 77.7 cm³/mol. The molecule has 1 aliphatic rings. The number of hydrogen-bond acceptors (Lipinski definition) is 3. The van der Waals surface area contributed by atoms with Crippen LogP contribution in [0.5, 0.6) is 5.75 Å². The van der Waals surface area contributed by atoms with Gasteiger partial charge in [0.05, 0.1) is 6.10 Å². The topological polar surface area (TPSA) is 58.6 Å². The second-order valence-corrected chi connectivity index (χ2v) is 5.32. The van der Waals surface area contributed by atoms with Gasteiger partial charge in [0.2, 0.25) is 0 Å². The molecule has 0 spiro atoms. The zero-order valence-corrected chi connectivity index (χ0v) is 12.2. The lowest BCUT2D eigenvalue weighted by Crippen LogP contribution is -2.36. The van der Waals surface area contributed by atoms with E-state index >= 15 is 0 Å². The molecule has 0 aliphatic heterocycles. The number of rotatable bonds is 6. The normalized spacial score (nSPS) is 18.4. The van der Waals surface area contributed by atoms with Gasteiger partial charge in [0.1, 0.15) is 5.75 Å². The summed E-state index contributed by atoms with van der Waals surface area (Å²) in [5.41, 5.74) is 2.10. The van der Waals surface area contributed by atoms with Gasteiger partial charge in [0.15, 0.2) is 6.10 Å². The summed E-state index contributed by atoms with van der Waals surface area (Å²) in [4.78, 5) is 11.8. The lowest BCUT2D eigenvalue weighted by atomic mass is 10.1. The Hall–Kier alpha value is -1.55. The minimum atomic E-state index is -0.503. The van der Waals surface area contributed by atoms with Crippen molar-refractivity contribution in [2.24, 2.45) is 0 Å². The Morgan fingerprint density at radius 1 is 1.55 bits per heavy atom. The van der Waals surface area contributed by atoms with Crippen LogP contribution in [-0.4, -0.2) is 23.7 Å². The van der Waals surface area contributed by atoms with Gasteiger partial charge < -0.3 is 15.2 Å². The Kier molecular flexibility index (Phi) is 5.01. The molecular weight excluding hydrogens is 254 g/mol. The van der Waals surface area contributed by atoms with Crippen molar-refractivity contribution < 1.29 is 14.6 Å². The third-order valence-corrected chi connectivity index (χ3v) is 3.67. The number of fused-ring (bicyclic) bond motifs is 1. The van der Waals surface area contributed by atoms with E-state index in [4.69, 9.17) is 4.74 Å². The lowest BCUT2D eigenvalue weighted by molar-refractivity contribution is -0.127. The first kappa shape index (κ1) is 14.9. The molecule has 4 nitrogen and oxygen atoms in total. The number of aliphatic hydroxyl groups excluding tert-OH is 1. The molecule has 0 bridgehead atoms. The van der Waals surface area contributed by atoms with Gasteiger partial charge in [-0.25, -0.2) is 0 Å². The van der Waals surface area contributed by atoms with Crippen LogP contribution >= 0.6 is 0 Å². The summed E-state index contributed by atoms with van der Waals surface area (Å²) in [6, 6.07) is 5.65. The van der Waals surface area contributed by atoms with E-state index in [9.17, 15) is 9.90 Å². The number of carbonyl (C=O) groups excluding carboxylic acids is 1. The van der Waals surface area contributed by atoms with E-state index in [0.717, 1.165) is 36.8 Å². The first-order valence-corrected chi connectivity index (χ1v) is 7.37. The molecule has 1 unspecified atom stereocenters. The lowest BCUT2D eigenvalue weighted by Gasteiger charge is -2.15. The minimum Gasteiger partial charge on any atom is -0.481 e. The Labute approximate surface area is 120 Å². The summed E-state index contributed by atoms with van der Waals surface area (Å²) in [6.45, 7) is 4.54. The molecule has 0 radical (unpaired) electrons. The van der Waals surface area contributed by atoms with E-state index < -0.39 is 6.10 Å². The Morgan fingerprint density at radius 3 is 3.10 bits per heavy atom. The van der Waals surface area contributed by atoms with E-state index in [-0.39, 0.29) is 12.0 Å². The highest BCUT2D eigenvalue weighted by Crippen LogP contribution is 2.33. The average Bonchev–Trinajstić information content (AvgIpc) is 2.80. The first-order valence-electron chi connectivity index (χ1n) is 7.37. The number of aryl methyl sites for hydroxylation is 1. The number of carbonyl (C=O) groups is 1. The molecule has 0 saturated heterocycles. The maximum atomic E-state index is 11.8. The zero-order valence-electron chi connectivity index (χ0n) is 12.2. The third kappa shape index (κ3) is 3.51. The molecule has 1 aromatic rings. The molecule has 0 aromatic heterocycles. The van der Waals surface area contributed by atoms with Crippen LogP contribution in [0, 0.1) is 0 Å². The highest BCUT2D eigenvalue weighted by atomic mass is 16.5. The van der Waals surface area contributed by atoms with Crippen LogP contribution in [0.2, 0.25) is 0 Å². The highest BCUT2D eigenvalue weighted by Gasteiger charge is 2.21. The van der Waals surface area contributed by atoms with Gasteiger partial charge in [-0.15, -0.1) is 0 Å². The number of nitrogens with one attached hydrogen (secondary N) is 1. The van der Waals surface area contributed by atoms with Crippen molar-refractivity contribution in [3.05, 3.63) is 29.3 Å². The molecule has 20 heavy (non-hydrogen) atoms. The smallest absolute Gasteiger partial charge is 0.260 e. The molecular formula is C16H23NO3. The van der Waals surface area contributed by atoms with E-state index in [1.807, 2.05) is 18.2 Å². The van der Waals surface area contributed by atoms with Gasteiger partial charge in [0.25, 0.3) is 5.91 Å². The third-order valence-electron chi connectivity index (χ3n) is 3.67. The van der Waals surface area contributed by atoms with Gasteiger partial charge >= 0.3 is 0 Å². The van der Waals surface area contributed by atoms with E-state index in [1.165, 1.54) is 0 Å². The van der Waals surface area contributed by atoms with Crippen molar-refractivity contribution >= 4 is 5.91 Å². The molecule has 0 fully saturated rings. The van der Waals surface area contributed by atoms with Crippen molar-refractivity contribution in [3.8, 4) is 5.75 Å². The minimum absolute atomic E-state index is 0.0843. The van der Waals surface area contributed by atoms with Crippen LogP contribution in [-0.2, 0) is 11.2 Å². The van der Waals surface area contributed by atoms with Crippen LogP contribution < -0.4 is 10.1 Å². The largest absolute Gasteiger partial charge is 0.481 e. The van der Waals surface area contributed by atoms with E-state index in [0.29, 0.717) is 12.3 Å². The summed E-state index contributed by atoms with van der Waals surface area (Å²) in [6.07, 6.45) is 2.82. The summed E-state index contributed by atoms with van der Waals surface area (Å²) >= 11 is 0. The number of amides is 1. The number of benzene rings is 1. The maximum Gasteiger partial charge on any atom is 0.260 e. The highest BCUT2D eigenvalue weighted by molar-refractivity contribution is 5.80. The van der Waals surface area contributed by atoms with Crippen molar-refractivity contribution in [3.63, 3.8) is 0 Å². The Balaban J connectivity index is 1.91. The van der Waals surface area contributed by atoms with Crippen LogP contribution in [0.15, 0.2) is 18.2 Å². The average molecular weight is 277 g/mol. The molecule has 2 N–H and O–H groups in total. The van der Waals surface area contributed by atoms with Crippen molar-refractivity contribution in [2.45, 2.75) is 51.7 Å². The van der Waals surface area contributed by atoms with Crippen LogP contribution in [0.4, 0.5) is 0 Å². The van der Waals surface area contributed by atoms with Crippen LogP contribution in [0.1, 0.15) is 50.3 Å². The SMILES string of the molecule is CCCCNC(=O)C(C)Oc1ccc2c(c1)CC[C@H]2O. The molecule has 1 amide bonds. The molecule has 1 aromatic carbocycles. The second kappa shape index (κ2) is 6.75. The van der Waals surface area contributed by atoms with Crippen molar-refractivity contribution in [1.29, 1.82) is 0 Å². The molecule has 2 atom stereocenters. The standard InChI is InChI=1S/C16H23NO3/c1-3-4-9-17-16(19)11(2)20-13-6-7-14-12(10-13)5-8-15(14)18/h6-7,10-11,15,18H,3-5,8-9H2,1-2H3,(H,17,19)/t11?,15-/m1/s1. The first-order chi connectivity index (χ1) is 9.61. The van der Waals surface area contributed by atoms with Crippen LogP contribution in [0.3, 0.4) is 0 Å². The summed E-state index contributed by atoms with van der Waals surface area (Å²) < 4.78 is 5.67. The van der Waals surface area contributed by atoms with Crippen molar-refractivity contribution in [1.82, 2.24) is 5.32 Å². The van der Waals surface area contributed by atoms with Crippen molar-refractivity contribution in [2.75, 3.05) is 6.54 Å². The fourth-order valence-corrected chi connectivity index (χ4v) is 2.43. The summed E-state index contributed by atoms with van der Waals surface area (Å²) in [5, 5.41) is 12.6. The summed E-state index contributed by atoms with van der Waals surface area (Å²) in [7, 11) is 0. The van der Waals surface area contributed by atoms with E-state index in [1.54, 1.807) is 6.92 Å². The number of aliphatic hydroxyl groups is 1. The predicted octanol–water partition coefficient (Wildman–Crippen LogP) is 2.35. The fourth-order valence-electron chi connectivity index (χ4n) is 2.43. The molecule has 1 aliphatic carbocycles. The molecule has 2 rings (SSSR count). The zero-order chi connectivity index (χ0) is 14.5. The fraction of sp³-hybridized carbons (Fsp3) is 0.562. The Morgan fingerprint density at radius 2 is 2.35 bits per heavy atom. The molecule has 110 valence electrons. The van der Waals surface area contributed by atoms with Gasteiger partial charge in [0, 0.05) is 6.54 Å². The molecule has 0 heterocycles. The quantitative estimate of drug-likeness (QED) is 0.785. The van der Waals surface area contributed by atoms with Gasteiger partial charge in [-0.05, 0) is 49.4 Å².